The number of aromatic nitrogens is 3. The number of nitriles is 1. The first kappa shape index (κ1) is 10.8. The summed E-state index contributed by atoms with van der Waals surface area (Å²) >= 11 is 0. The predicted molar refractivity (Wildman–Crippen MR) is 55.0 cm³/mol. The van der Waals surface area contributed by atoms with Crippen molar-refractivity contribution in [3.8, 4) is 17.3 Å². The van der Waals surface area contributed by atoms with Crippen molar-refractivity contribution < 1.29 is 9.18 Å². The molecule has 0 unspecified atom stereocenters. The first-order valence-electron chi connectivity index (χ1n) is 4.54. The molecule has 7 heteroatoms. The number of nitrogens with one attached hydrogen (secondary N) is 1. The SMILES string of the molecule is N#Cc1cc(-c2n[nH]nc2C(N)=O)ccc1F. The number of primary amides is 1. The van der Waals surface area contributed by atoms with Crippen molar-refractivity contribution in [1.82, 2.24) is 15.4 Å². The van der Waals surface area contributed by atoms with Crippen LogP contribution in [0, 0.1) is 17.1 Å². The lowest BCUT2D eigenvalue weighted by Gasteiger charge is -1.99. The van der Waals surface area contributed by atoms with Crippen LogP contribution in [-0.2, 0) is 0 Å². The molecule has 17 heavy (non-hydrogen) atoms. The first-order valence-corrected chi connectivity index (χ1v) is 4.54. The van der Waals surface area contributed by atoms with Crippen LogP contribution in [0.25, 0.3) is 11.3 Å². The lowest BCUT2D eigenvalue weighted by molar-refractivity contribution is 0.0996. The van der Waals surface area contributed by atoms with Crippen LogP contribution in [0.2, 0.25) is 0 Å². The van der Waals surface area contributed by atoms with Gasteiger partial charge in [-0.15, -0.1) is 0 Å². The number of amides is 1. The zero-order valence-electron chi connectivity index (χ0n) is 8.44. The van der Waals surface area contributed by atoms with Gasteiger partial charge in [0.1, 0.15) is 17.6 Å². The van der Waals surface area contributed by atoms with E-state index in [1.54, 1.807) is 6.07 Å². The van der Waals surface area contributed by atoms with Crippen LogP contribution in [0.4, 0.5) is 4.39 Å². The van der Waals surface area contributed by atoms with Crippen LogP contribution in [0.1, 0.15) is 16.1 Å². The molecule has 84 valence electrons. The molecule has 0 radical (unpaired) electrons. The number of aromatic amines is 1. The second kappa shape index (κ2) is 4.02. The Labute approximate surface area is 94.9 Å². The molecule has 3 N–H and O–H groups in total. The minimum atomic E-state index is -0.753. The van der Waals surface area contributed by atoms with Crippen LogP contribution in [0.5, 0.6) is 0 Å². The van der Waals surface area contributed by atoms with Gasteiger partial charge in [-0.25, -0.2) is 4.39 Å². The van der Waals surface area contributed by atoms with Crippen molar-refractivity contribution in [3.05, 3.63) is 35.3 Å². The average molecular weight is 231 g/mol. The van der Waals surface area contributed by atoms with Crippen molar-refractivity contribution in [2.75, 3.05) is 0 Å². The lowest BCUT2D eigenvalue weighted by Crippen LogP contribution is -2.12. The summed E-state index contributed by atoms with van der Waals surface area (Å²) in [5, 5.41) is 18.3. The monoisotopic (exact) mass is 231 g/mol. The topological polar surface area (TPSA) is 108 Å². The van der Waals surface area contributed by atoms with Crippen LogP contribution in [0.15, 0.2) is 18.2 Å². The number of carbonyl (C=O) groups excluding carboxylic acids is 1. The molecule has 0 atom stereocenters. The normalized spacial score (nSPS) is 9.88. The molecule has 0 bridgehead atoms. The molecule has 1 heterocycles. The average Bonchev–Trinajstić information content (AvgIpc) is 2.78. The first-order chi connectivity index (χ1) is 8.13. The van der Waals surface area contributed by atoms with Crippen molar-refractivity contribution >= 4 is 5.91 Å². The molecule has 6 nitrogen and oxygen atoms in total. The Morgan fingerprint density at radius 3 is 2.88 bits per heavy atom. The quantitative estimate of drug-likeness (QED) is 0.787. The van der Waals surface area contributed by atoms with Gasteiger partial charge in [0.2, 0.25) is 0 Å². The van der Waals surface area contributed by atoms with E-state index in [0.29, 0.717) is 5.56 Å². The van der Waals surface area contributed by atoms with E-state index < -0.39 is 11.7 Å². The smallest absolute Gasteiger partial charge is 0.271 e. The molecule has 1 aromatic heterocycles. The van der Waals surface area contributed by atoms with E-state index in [0.717, 1.165) is 6.07 Å². The lowest BCUT2D eigenvalue weighted by atomic mass is 10.1. The van der Waals surface area contributed by atoms with Gasteiger partial charge in [0, 0.05) is 5.56 Å². The fourth-order valence-electron chi connectivity index (χ4n) is 1.36. The highest BCUT2D eigenvalue weighted by Crippen LogP contribution is 2.21. The molecule has 0 fully saturated rings. The van der Waals surface area contributed by atoms with Crippen LogP contribution >= 0.6 is 0 Å². The van der Waals surface area contributed by atoms with E-state index in [1.807, 2.05) is 0 Å². The summed E-state index contributed by atoms with van der Waals surface area (Å²) in [5.74, 6) is -1.39. The molecular weight excluding hydrogens is 225 g/mol. The van der Waals surface area contributed by atoms with Gasteiger partial charge in [0.25, 0.3) is 5.91 Å². The number of rotatable bonds is 2. The van der Waals surface area contributed by atoms with Crippen molar-refractivity contribution in [3.63, 3.8) is 0 Å². The number of H-pyrrole nitrogens is 1. The Balaban J connectivity index is 2.58. The molecule has 0 aliphatic heterocycles. The van der Waals surface area contributed by atoms with E-state index >= 15 is 0 Å². The number of hydrogen-bond donors (Lipinski definition) is 2. The second-order valence-corrected chi connectivity index (χ2v) is 3.19. The van der Waals surface area contributed by atoms with Crippen molar-refractivity contribution in [2.24, 2.45) is 5.73 Å². The van der Waals surface area contributed by atoms with Crippen molar-refractivity contribution in [2.45, 2.75) is 0 Å². The highest BCUT2D eigenvalue weighted by Gasteiger charge is 2.16. The van der Waals surface area contributed by atoms with Crippen molar-refractivity contribution in [1.29, 1.82) is 5.26 Å². The summed E-state index contributed by atoms with van der Waals surface area (Å²) in [4.78, 5) is 11.0. The number of halogens is 1. The van der Waals surface area contributed by atoms with Crippen LogP contribution in [0.3, 0.4) is 0 Å². The van der Waals surface area contributed by atoms with Gasteiger partial charge < -0.3 is 5.73 Å². The third kappa shape index (κ3) is 1.83. The Morgan fingerprint density at radius 2 is 2.24 bits per heavy atom. The number of carbonyl (C=O) groups is 1. The third-order valence-electron chi connectivity index (χ3n) is 2.14. The summed E-state index contributed by atoms with van der Waals surface area (Å²) in [6.45, 7) is 0. The minimum Gasteiger partial charge on any atom is -0.364 e. The molecule has 1 amide bonds. The maximum Gasteiger partial charge on any atom is 0.271 e. The molecule has 1 aromatic carbocycles. The standard InChI is InChI=1S/C10H6FN5O/c11-7-2-1-5(3-6(7)4-12)8-9(10(13)17)15-16-14-8/h1-3H,(H2,13,17)(H,14,15,16). The maximum absolute atomic E-state index is 13.1. The number of benzene rings is 1. The Bertz CT molecular complexity index is 628. The summed E-state index contributed by atoms with van der Waals surface area (Å²) < 4.78 is 13.1. The zero-order chi connectivity index (χ0) is 12.4. The van der Waals surface area contributed by atoms with Crippen LogP contribution < -0.4 is 5.73 Å². The highest BCUT2D eigenvalue weighted by molar-refractivity contribution is 5.96. The largest absolute Gasteiger partial charge is 0.364 e. The Hall–Kier alpha value is -2.75. The fraction of sp³-hybridized carbons (Fsp3) is 0. The van der Waals surface area contributed by atoms with Crippen LogP contribution in [-0.4, -0.2) is 21.3 Å². The molecule has 0 saturated carbocycles. The number of hydrogen-bond acceptors (Lipinski definition) is 4. The molecule has 2 rings (SSSR count). The van der Waals surface area contributed by atoms with Gasteiger partial charge in [0.15, 0.2) is 5.69 Å². The van der Waals surface area contributed by atoms with E-state index in [-0.39, 0.29) is 17.0 Å². The van der Waals surface area contributed by atoms with E-state index in [1.165, 1.54) is 12.1 Å². The highest BCUT2D eigenvalue weighted by atomic mass is 19.1. The third-order valence-corrected chi connectivity index (χ3v) is 2.14. The van der Waals surface area contributed by atoms with Gasteiger partial charge in [0.05, 0.1) is 5.56 Å². The minimum absolute atomic E-state index is 0.0551. The van der Waals surface area contributed by atoms with Gasteiger partial charge in [-0.1, -0.05) is 0 Å². The Kier molecular flexibility index (Phi) is 2.54. The second-order valence-electron chi connectivity index (χ2n) is 3.19. The Morgan fingerprint density at radius 1 is 1.47 bits per heavy atom. The van der Waals surface area contributed by atoms with Gasteiger partial charge in [-0.3, -0.25) is 4.79 Å². The zero-order valence-corrected chi connectivity index (χ0v) is 8.44. The predicted octanol–water partition coefficient (Wildman–Crippen LogP) is 0.581. The molecule has 2 aromatic rings. The van der Waals surface area contributed by atoms with Gasteiger partial charge in [-0.05, 0) is 18.2 Å². The molecule has 0 aliphatic carbocycles. The van der Waals surface area contributed by atoms with E-state index in [4.69, 9.17) is 11.0 Å². The number of nitrogens with two attached hydrogens (primary N) is 1. The molecule has 0 saturated heterocycles. The van der Waals surface area contributed by atoms with Gasteiger partial charge in [-0.2, -0.15) is 20.7 Å². The summed E-state index contributed by atoms with van der Waals surface area (Å²) in [7, 11) is 0. The molecular formula is C10H6FN5O. The summed E-state index contributed by atoms with van der Waals surface area (Å²) in [6, 6.07) is 5.48. The fourth-order valence-corrected chi connectivity index (χ4v) is 1.36. The van der Waals surface area contributed by atoms with E-state index in [2.05, 4.69) is 15.4 Å². The van der Waals surface area contributed by atoms with E-state index in [9.17, 15) is 9.18 Å². The maximum atomic E-state index is 13.1. The molecule has 0 aliphatic rings. The number of nitrogens with zero attached hydrogens (tertiary/aromatic N) is 3. The molecule has 0 spiro atoms. The summed E-state index contributed by atoms with van der Waals surface area (Å²) in [6.07, 6.45) is 0. The summed E-state index contributed by atoms with van der Waals surface area (Å²) in [5.41, 5.74) is 5.49. The van der Waals surface area contributed by atoms with Gasteiger partial charge >= 0.3 is 0 Å².